The molecule has 0 fully saturated rings. The highest BCUT2D eigenvalue weighted by Crippen LogP contribution is 2.20. The Labute approximate surface area is 97.4 Å². The molecule has 0 aliphatic carbocycles. The fourth-order valence-electron chi connectivity index (χ4n) is 1.15. The fourth-order valence-corrected chi connectivity index (χ4v) is 1.15. The molecule has 0 spiro atoms. The van der Waals surface area contributed by atoms with Crippen molar-refractivity contribution in [1.29, 1.82) is 0 Å². The molecule has 0 rings (SSSR count). The number of carbonyl (C=O) groups is 2. The topological polar surface area (TPSA) is 66.4 Å². The number of hydrogen-bond donors (Lipinski definition) is 2. The van der Waals surface area contributed by atoms with Crippen LogP contribution < -0.4 is 5.32 Å². The van der Waals surface area contributed by atoms with Crippen LogP contribution in [0.3, 0.4) is 0 Å². The third-order valence-electron chi connectivity index (χ3n) is 2.63. The summed E-state index contributed by atoms with van der Waals surface area (Å²) in [4.78, 5) is 22.2. The highest BCUT2D eigenvalue weighted by atomic mass is 16.4. The minimum Gasteiger partial charge on any atom is -0.481 e. The van der Waals surface area contributed by atoms with E-state index in [1.807, 2.05) is 0 Å². The average molecular weight is 229 g/mol. The van der Waals surface area contributed by atoms with E-state index in [1.54, 1.807) is 13.8 Å². The van der Waals surface area contributed by atoms with Crippen LogP contribution in [-0.4, -0.2) is 23.0 Å². The van der Waals surface area contributed by atoms with Crippen LogP contribution in [0.15, 0.2) is 0 Å². The number of carboxylic acids is 1. The van der Waals surface area contributed by atoms with Crippen LogP contribution in [-0.2, 0) is 9.59 Å². The number of nitrogens with one attached hydrogen (secondary N) is 1. The number of hydrogen-bond acceptors (Lipinski definition) is 2. The van der Waals surface area contributed by atoms with Crippen molar-refractivity contribution in [3.63, 3.8) is 0 Å². The van der Waals surface area contributed by atoms with Gasteiger partial charge < -0.3 is 10.4 Å². The van der Waals surface area contributed by atoms with Crippen LogP contribution in [0.5, 0.6) is 0 Å². The van der Waals surface area contributed by atoms with E-state index in [9.17, 15) is 9.59 Å². The molecule has 16 heavy (non-hydrogen) atoms. The smallest absolute Gasteiger partial charge is 0.308 e. The lowest BCUT2D eigenvalue weighted by atomic mass is 9.90. The first-order valence-corrected chi connectivity index (χ1v) is 5.65. The van der Waals surface area contributed by atoms with Gasteiger partial charge in [0.15, 0.2) is 0 Å². The van der Waals surface area contributed by atoms with Crippen molar-refractivity contribution in [1.82, 2.24) is 5.32 Å². The lowest BCUT2D eigenvalue weighted by Crippen LogP contribution is -2.40. The van der Waals surface area contributed by atoms with E-state index >= 15 is 0 Å². The number of amides is 1. The van der Waals surface area contributed by atoms with Gasteiger partial charge in [0.05, 0.1) is 5.92 Å². The normalized spacial score (nSPS) is 15.3. The predicted octanol–water partition coefficient (Wildman–Crippen LogP) is 2.04. The molecule has 0 aromatic rings. The van der Waals surface area contributed by atoms with Gasteiger partial charge in [-0.1, -0.05) is 20.8 Å². The highest BCUT2D eigenvalue weighted by molar-refractivity contribution is 5.77. The first-order valence-electron chi connectivity index (χ1n) is 5.65. The monoisotopic (exact) mass is 229 g/mol. The molecule has 0 aromatic carbocycles. The first-order chi connectivity index (χ1) is 7.13. The summed E-state index contributed by atoms with van der Waals surface area (Å²) in [5.41, 5.74) is 0.124. The van der Waals surface area contributed by atoms with E-state index in [4.69, 9.17) is 5.11 Å². The summed E-state index contributed by atoms with van der Waals surface area (Å²) in [6, 6.07) is -0.329. The van der Waals surface area contributed by atoms with Crippen LogP contribution in [0.1, 0.15) is 47.5 Å². The first kappa shape index (κ1) is 14.9. The minimum absolute atomic E-state index is 0.0736. The van der Waals surface area contributed by atoms with Crippen molar-refractivity contribution < 1.29 is 14.7 Å². The van der Waals surface area contributed by atoms with Crippen molar-refractivity contribution >= 4 is 11.9 Å². The summed E-state index contributed by atoms with van der Waals surface area (Å²) in [7, 11) is 0. The summed E-state index contributed by atoms with van der Waals surface area (Å²) < 4.78 is 0. The molecule has 2 unspecified atom stereocenters. The van der Waals surface area contributed by atoms with Gasteiger partial charge in [-0.15, -0.1) is 0 Å². The largest absolute Gasteiger partial charge is 0.481 e. The second-order valence-electron chi connectivity index (χ2n) is 5.54. The Morgan fingerprint density at radius 3 is 2.12 bits per heavy atom. The molecular weight excluding hydrogens is 206 g/mol. The van der Waals surface area contributed by atoms with Crippen LogP contribution in [0.2, 0.25) is 0 Å². The van der Waals surface area contributed by atoms with Crippen LogP contribution in [0.25, 0.3) is 0 Å². The number of aliphatic carboxylic acids is 1. The standard InChI is InChI=1S/C12H23NO3/c1-8(11(15)16)9(2)13-10(14)6-7-12(3,4)5/h8-9H,6-7H2,1-5H3,(H,13,14)(H,15,16). The van der Waals surface area contributed by atoms with Crippen LogP contribution >= 0.6 is 0 Å². The van der Waals surface area contributed by atoms with Crippen LogP contribution in [0.4, 0.5) is 0 Å². The molecular formula is C12H23NO3. The number of carboxylic acid groups (broad SMARTS) is 1. The third-order valence-corrected chi connectivity index (χ3v) is 2.63. The maximum Gasteiger partial charge on any atom is 0.308 e. The van der Waals surface area contributed by atoms with Crippen molar-refractivity contribution in [2.45, 2.75) is 53.5 Å². The molecule has 0 bridgehead atoms. The Hall–Kier alpha value is -1.06. The van der Waals surface area contributed by atoms with Gasteiger partial charge >= 0.3 is 5.97 Å². The molecule has 4 heteroatoms. The van der Waals surface area contributed by atoms with E-state index < -0.39 is 11.9 Å². The molecule has 4 nitrogen and oxygen atoms in total. The molecule has 0 aromatic heterocycles. The molecule has 2 N–H and O–H groups in total. The van der Waals surface area contributed by atoms with Crippen molar-refractivity contribution in [3.05, 3.63) is 0 Å². The SMILES string of the molecule is CC(NC(=O)CCC(C)(C)C)C(C)C(=O)O. The molecule has 0 saturated carbocycles. The van der Waals surface area contributed by atoms with Gasteiger partial charge in [-0.05, 0) is 25.7 Å². The van der Waals surface area contributed by atoms with Gasteiger partial charge in [0.2, 0.25) is 5.91 Å². The molecule has 94 valence electrons. The second kappa shape index (κ2) is 5.87. The summed E-state index contributed by atoms with van der Waals surface area (Å²) in [5.74, 6) is -1.52. The quantitative estimate of drug-likeness (QED) is 0.758. The lowest BCUT2D eigenvalue weighted by molar-refractivity contribution is -0.142. The number of carbonyl (C=O) groups excluding carboxylic acids is 1. The number of rotatable bonds is 5. The van der Waals surface area contributed by atoms with Gasteiger partial charge in [-0.25, -0.2) is 0 Å². The highest BCUT2D eigenvalue weighted by Gasteiger charge is 2.21. The Balaban J connectivity index is 4.01. The Bertz CT molecular complexity index is 255. The zero-order valence-electron chi connectivity index (χ0n) is 10.8. The fraction of sp³-hybridized carbons (Fsp3) is 0.833. The third kappa shape index (κ3) is 6.43. The van der Waals surface area contributed by atoms with E-state index in [0.717, 1.165) is 6.42 Å². The Morgan fingerprint density at radius 1 is 1.25 bits per heavy atom. The molecule has 0 saturated heterocycles. The van der Waals surface area contributed by atoms with Gasteiger partial charge in [0.1, 0.15) is 0 Å². The molecule has 0 heterocycles. The molecule has 0 aliphatic rings. The Kier molecular flexibility index (Phi) is 5.48. The zero-order chi connectivity index (χ0) is 12.9. The van der Waals surface area contributed by atoms with Gasteiger partial charge in [0.25, 0.3) is 0 Å². The molecule has 0 aliphatic heterocycles. The minimum atomic E-state index is -0.886. The average Bonchev–Trinajstić information content (AvgIpc) is 2.12. The summed E-state index contributed by atoms with van der Waals surface area (Å²) in [5, 5.41) is 11.5. The lowest BCUT2D eigenvalue weighted by Gasteiger charge is -2.20. The molecule has 0 radical (unpaired) electrons. The van der Waals surface area contributed by atoms with E-state index in [2.05, 4.69) is 26.1 Å². The zero-order valence-corrected chi connectivity index (χ0v) is 10.8. The maximum atomic E-state index is 11.5. The van der Waals surface area contributed by atoms with Gasteiger partial charge in [0, 0.05) is 12.5 Å². The predicted molar refractivity (Wildman–Crippen MR) is 63.1 cm³/mol. The van der Waals surface area contributed by atoms with Crippen LogP contribution in [0, 0.1) is 11.3 Å². The van der Waals surface area contributed by atoms with E-state index in [1.165, 1.54) is 0 Å². The van der Waals surface area contributed by atoms with Crippen molar-refractivity contribution in [2.75, 3.05) is 0 Å². The van der Waals surface area contributed by atoms with Gasteiger partial charge in [-0.3, -0.25) is 9.59 Å². The Morgan fingerprint density at radius 2 is 1.75 bits per heavy atom. The van der Waals surface area contributed by atoms with Crippen molar-refractivity contribution in [2.24, 2.45) is 11.3 Å². The molecule has 2 atom stereocenters. The van der Waals surface area contributed by atoms with Gasteiger partial charge in [-0.2, -0.15) is 0 Å². The molecule has 1 amide bonds. The van der Waals surface area contributed by atoms with E-state index in [0.29, 0.717) is 6.42 Å². The summed E-state index contributed by atoms with van der Waals surface area (Å²) >= 11 is 0. The van der Waals surface area contributed by atoms with E-state index in [-0.39, 0.29) is 17.4 Å². The summed E-state index contributed by atoms with van der Waals surface area (Å²) in [6.07, 6.45) is 1.24. The summed E-state index contributed by atoms with van der Waals surface area (Å²) in [6.45, 7) is 9.53. The van der Waals surface area contributed by atoms with Crippen molar-refractivity contribution in [3.8, 4) is 0 Å². The second-order valence-corrected chi connectivity index (χ2v) is 5.54. The maximum absolute atomic E-state index is 11.5.